The molecule has 140 valence electrons. The maximum atomic E-state index is 10.6. The quantitative estimate of drug-likeness (QED) is 0.514. The molecule has 3 N–H and O–H groups in total. The summed E-state index contributed by atoms with van der Waals surface area (Å²) in [6.07, 6.45) is -0.864. The van der Waals surface area contributed by atoms with E-state index >= 15 is 0 Å². The van der Waals surface area contributed by atoms with Crippen molar-refractivity contribution in [1.82, 2.24) is 10.3 Å². The minimum absolute atomic E-state index is 0.0577. The Morgan fingerprint density at radius 3 is 2.50 bits per heavy atom. The predicted octanol–water partition coefficient (Wildman–Crippen LogP) is 4.34. The Morgan fingerprint density at radius 1 is 0.964 bits per heavy atom. The second-order valence-corrected chi connectivity index (χ2v) is 5.93. The van der Waals surface area contributed by atoms with Gasteiger partial charge in [-0.05, 0) is 12.1 Å². The van der Waals surface area contributed by atoms with Crippen LogP contribution < -0.4 is 11.1 Å². The van der Waals surface area contributed by atoms with Crippen LogP contribution in [-0.2, 0) is 11.3 Å². The van der Waals surface area contributed by atoms with Gasteiger partial charge in [-0.25, -0.2) is 4.79 Å². The van der Waals surface area contributed by atoms with Crippen LogP contribution in [0.25, 0.3) is 22.6 Å². The van der Waals surface area contributed by atoms with Crippen LogP contribution in [0.4, 0.5) is 16.3 Å². The number of nitrogens with one attached hydrogen (secondary N) is 1. The summed E-state index contributed by atoms with van der Waals surface area (Å²) >= 11 is 0. The molecular weight excluding hydrogens is 360 g/mol. The number of amides is 1. The van der Waals surface area contributed by atoms with E-state index in [-0.39, 0.29) is 6.61 Å². The number of carbonyl (C=O) groups is 1. The van der Waals surface area contributed by atoms with Gasteiger partial charge in [0.2, 0.25) is 0 Å². The zero-order chi connectivity index (χ0) is 19.3. The molecule has 0 atom stereocenters. The Bertz CT molecular complexity index is 1070. The molecule has 8 nitrogen and oxygen atoms in total. The maximum absolute atomic E-state index is 10.6. The van der Waals surface area contributed by atoms with E-state index < -0.39 is 6.09 Å². The first kappa shape index (κ1) is 17.3. The lowest BCUT2D eigenvalue weighted by atomic mass is 10.1. The summed E-state index contributed by atoms with van der Waals surface area (Å²) in [6, 6.07) is 20.8. The van der Waals surface area contributed by atoms with Crippen molar-refractivity contribution in [3.63, 3.8) is 0 Å². The average molecular weight is 376 g/mol. The molecule has 4 aromatic rings. The Labute approximate surface area is 159 Å². The number of primary amides is 1. The third kappa shape index (κ3) is 4.01. The molecule has 0 radical (unpaired) electrons. The smallest absolute Gasteiger partial charge is 0.404 e. The van der Waals surface area contributed by atoms with Crippen molar-refractivity contribution < 1.29 is 18.6 Å². The molecule has 0 unspecified atom stereocenters. The molecule has 8 heteroatoms. The van der Waals surface area contributed by atoms with Gasteiger partial charge in [-0.3, -0.25) is 0 Å². The number of aromatic nitrogens is 2. The van der Waals surface area contributed by atoms with Crippen LogP contribution in [0.5, 0.6) is 0 Å². The van der Waals surface area contributed by atoms with Gasteiger partial charge in [-0.2, -0.15) is 0 Å². The third-order valence-electron chi connectivity index (χ3n) is 3.94. The highest BCUT2D eigenvalue weighted by Crippen LogP contribution is 2.26. The number of carbonyl (C=O) groups excluding carboxylic acids is 1. The second-order valence-electron chi connectivity index (χ2n) is 5.93. The minimum Gasteiger partial charge on any atom is -0.441 e. The lowest BCUT2D eigenvalue weighted by molar-refractivity contribution is 0.137. The molecule has 0 saturated carbocycles. The molecule has 1 amide bonds. The molecule has 0 bridgehead atoms. The maximum Gasteiger partial charge on any atom is 0.404 e. The number of benzene rings is 2. The van der Waals surface area contributed by atoms with E-state index in [0.717, 1.165) is 16.8 Å². The largest absolute Gasteiger partial charge is 0.441 e. The van der Waals surface area contributed by atoms with Gasteiger partial charge in [-0.1, -0.05) is 52.8 Å². The van der Waals surface area contributed by atoms with Gasteiger partial charge < -0.3 is 24.8 Å². The van der Waals surface area contributed by atoms with Crippen LogP contribution in [-0.4, -0.2) is 16.4 Å². The summed E-state index contributed by atoms with van der Waals surface area (Å²) in [6.45, 7) is -0.0577. The Balaban J connectivity index is 1.43. The molecular formula is C20H16N4O4. The molecule has 2 aromatic carbocycles. The summed E-state index contributed by atoms with van der Waals surface area (Å²) in [5, 5.41) is 11.2. The first-order valence-corrected chi connectivity index (χ1v) is 8.45. The SMILES string of the molecule is NC(=O)OCc1cc(-c2ccc(Nc3cc(-c4ccccc4)on3)cc2)no1. The van der Waals surface area contributed by atoms with Crippen LogP contribution in [0.15, 0.2) is 75.8 Å². The van der Waals surface area contributed by atoms with E-state index in [0.29, 0.717) is 23.0 Å². The number of ether oxygens (including phenoxy) is 1. The predicted molar refractivity (Wildman–Crippen MR) is 102 cm³/mol. The number of hydrogen-bond donors (Lipinski definition) is 2. The number of nitrogens with two attached hydrogens (primary N) is 1. The lowest BCUT2D eigenvalue weighted by Gasteiger charge is -2.02. The number of anilines is 2. The molecule has 0 saturated heterocycles. The van der Waals surface area contributed by atoms with E-state index in [1.54, 1.807) is 6.07 Å². The van der Waals surface area contributed by atoms with Crippen molar-refractivity contribution in [3.8, 4) is 22.6 Å². The third-order valence-corrected chi connectivity index (χ3v) is 3.94. The fourth-order valence-corrected chi connectivity index (χ4v) is 2.60. The molecule has 0 spiro atoms. The highest BCUT2D eigenvalue weighted by Gasteiger charge is 2.09. The van der Waals surface area contributed by atoms with E-state index in [4.69, 9.17) is 14.8 Å². The molecule has 4 rings (SSSR count). The molecule has 0 aliphatic rings. The fraction of sp³-hybridized carbons (Fsp3) is 0.0500. The van der Waals surface area contributed by atoms with Crippen LogP contribution in [0.1, 0.15) is 5.76 Å². The molecule has 28 heavy (non-hydrogen) atoms. The zero-order valence-electron chi connectivity index (χ0n) is 14.7. The summed E-state index contributed by atoms with van der Waals surface area (Å²) < 4.78 is 15.2. The van der Waals surface area contributed by atoms with Crippen molar-refractivity contribution in [3.05, 3.63) is 72.5 Å². The number of nitrogens with zero attached hydrogens (tertiary/aromatic N) is 2. The van der Waals surface area contributed by atoms with Crippen LogP contribution in [0.3, 0.4) is 0 Å². The van der Waals surface area contributed by atoms with Gasteiger partial charge in [0.25, 0.3) is 0 Å². The van der Waals surface area contributed by atoms with Gasteiger partial charge in [0.15, 0.2) is 23.9 Å². The number of rotatable bonds is 6. The highest BCUT2D eigenvalue weighted by molar-refractivity contribution is 5.67. The van der Waals surface area contributed by atoms with E-state index in [1.165, 1.54) is 0 Å². The van der Waals surface area contributed by atoms with Gasteiger partial charge >= 0.3 is 6.09 Å². The topological polar surface area (TPSA) is 116 Å². The first-order valence-electron chi connectivity index (χ1n) is 8.45. The van der Waals surface area contributed by atoms with E-state index in [2.05, 4.69) is 20.4 Å². The zero-order valence-corrected chi connectivity index (χ0v) is 14.7. The molecule has 2 heterocycles. The molecule has 0 fully saturated rings. The van der Waals surface area contributed by atoms with Gasteiger partial charge in [-0.15, -0.1) is 0 Å². The standard InChI is InChI=1S/C20H16N4O4/c21-20(25)26-12-16-10-17(23-27-16)13-6-8-15(9-7-13)22-19-11-18(28-24-19)14-4-2-1-3-5-14/h1-11H,12H2,(H2,21,25)(H,22,24). The summed E-state index contributed by atoms with van der Waals surface area (Å²) in [7, 11) is 0. The fourth-order valence-electron chi connectivity index (χ4n) is 2.60. The number of hydrogen-bond acceptors (Lipinski definition) is 7. The van der Waals surface area contributed by atoms with Crippen LogP contribution in [0.2, 0.25) is 0 Å². The van der Waals surface area contributed by atoms with Crippen LogP contribution in [0, 0.1) is 0 Å². The lowest BCUT2D eigenvalue weighted by Crippen LogP contribution is -2.12. The average Bonchev–Trinajstić information content (AvgIpc) is 3.37. The normalized spacial score (nSPS) is 10.6. The van der Waals surface area contributed by atoms with Gasteiger partial charge in [0.05, 0.1) is 0 Å². The Hall–Kier alpha value is -4.07. The Kier molecular flexibility index (Phi) is 4.75. The molecule has 0 aliphatic heterocycles. The minimum atomic E-state index is -0.864. The van der Waals surface area contributed by atoms with Crippen molar-refractivity contribution in [2.75, 3.05) is 5.32 Å². The second kappa shape index (κ2) is 7.67. The van der Waals surface area contributed by atoms with Gasteiger partial charge in [0, 0.05) is 28.9 Å². The van der Waals surface area contributed by atoms with Gasteiger partial charge in [0.1, 0.15) is 5.69 Å². The Morgan fingerprint density at radius 2 is 1.75 bits per heavy atom. The summed E-state index contributed by atoms with van der Waals surface area (Å²) in [5.74, 6) is 1.71. The molecule has 2 aromatic heterocycles. The summed E-state index contributed by atoms with van der Waals surface area (Å²) in [4.78, 5) is 10.6. The highest BCUT2D eigenvalue weighted by atomic mass is 16.6. The van der Waals surface area contributed by atoms with Crippen molar-refractivity contribution in [1.29, 1.82) is 0 Å². The van der Waals surface area contributed by atoms with E-state index in [9.17, 15) is 4.79 Å². The van der Waals surface area contributed by atoms with E-state index in [1.807, 2.05) is 60.7 Å². The molecule has 0 aliphatic carbocycles. The summed E-state index contributed by atoms with van der Waals surface area (Å²) in [5.41, 5.74) is 8.21. The van der Waals surface area contributed by atoms with Crippen molar-refractivity contribution in [2.45, 2.75) is 6.61 Å². The monoisotopic (exact) mass is 376 g/mol. The van der Waals surface area contributed by atoms with Crippen LogP contribution >= 0.6 is 0 Å². The first-order chi connectivity index (χ1) is 13.7. The van der Waals surface area contributed by atoms with Crippen molar-refractivity contribution >= 4 is 17.6 Å². The van der Waals surface area contributed by atoms with Crippen molar-refractivity contribution in [2.24, 2.45) is 5.73 Å².